The maximum atomic E-state index is 13.1. The summed E-state index contributed by atoms with van der Waals surface area (Å²) in [4.78, 5) is 26.4. The molecule has 0 saturated carbocycles. The first kappa shape index (κ1) is 25.1. The molecule has 2 aliphatic heterocycles. The highest BCUT2D eigenvalue weighted by Gasteiger charge is 2.31. The van der Waals surface area contributed by atoms with Crippen molar-refractivity contribution in [2.24, 2.45) is 0 Å². The van der Waals surface area contributed by atoms with Crippen molar-refractivity contribution in [1.29, 1.82) is 0 Å². The fourth-order valence-corrected chi connectivity index (χ4v) is 4.94. The highest BCUT2D eigenvalue weighted by Crippen LogP contribution is 2.35. The van der Waals surface area contributed by atoms with Crippen LogP contribution in [0.3, 0.4) is 0 Å². The topological polar surface area (TPSA) is 77.8 Å². The number of fused-ring (bicyclic) bond motifs is 2. The molecule has 1 saturated heterocycles. The van der Waals surface area contributed by atoms with Crippen LogP contribution in [0.5, 0.6) is 0 Å². The Balaban J connectivity index is 0.00000153. The van der Waals surface area contributed by atoms with Crippen LogP contribution in [0.1, 0.15) is 30.7 Å². The van der Waals surface area contributed by atoms with Gasteiger partial charge in [0.25, 0.3) is 0 Å². The molecule has 33 heavy (non-hydrogen) atoms. The molecule has 3 aromatic rings. The first-order chi connectivity index (χ1) is 14.9. The van der Waals surface area contributed by atoms with E-state index in [9.17, 15) is 4.79 Å². The van der Waals surface area contributed by atoms with Crippen LogP contribution in [0.15, 0.2) is 30.7 Å². The highest BCUT2D eigenvalue weighted by molar-refractivity contribution is 6.03. The Morgan fingerprint density at radius 2 is 1.88 bits per heavy atom. The van der Waals surface area contributed by atoms with Gasteiger partial charge in [-0.15, -0.1) is 24.8 Å². The first-order valence-corrected chi connectivity index (χ1v) is 10.9. The van der Waals surface area contributed by atoms with Gasteiger partial charge in [-0.3, -0.25) is 4.90 Å². The fraction of sp³-hybridized carbons (Fsp3) is 0.435. The zero-order valence-corrected chi connectivity index (χ0v) is 21.0. The number of halogens is 2. The molecule has 178 valence electrons. The average Bonchev–Trinajstić information content (AvgIpc) is 3.30. The van der Waals surface area contributed by atoms with E-state index in [1.54, 1.807) is 4.90 Å². The third-order valence-electron chi connectivity index (χ3n) is 6.10. The molecule has 0 bridgehead atoms. The van der Waals surface area contributed by atoms with E-state index in [1.165, 1.54) is 5.69 Å². The minimum Gasteiger partial charge on any atom is -0.368 e. The van der Waals surface area contributed by atoms with Crippen molar-refractivity contribution in [2.45, 2.75) is 46.2 Å². The summed E-state index contributed by atoms with van der Waals surface area (Å²) in [6, 6.07) is 4.76. The maximum absolute atomic E-state index is 13.1. The van der Waals surface area contributed by atoms with Gasteiger partial charge in [0.05, 0.1) is 11.4 Å². The fourth-order valence-electron chi connectivity index (χ4n) is 4.94. The summed E-state index contributed by atoms with van der Waals surface area (Å²) in [6.07, 6.45) is 6.51. The number of aryl methyl sites for hydroxylation is 2. The van der Waals surface area contributed by atoms with Crippen LogP contribution in [0, 0.1) is 13.8 Å². The lowest BCUT2D eigenvalue weighted by molar-refractivity contribution is 0.257. The third kappa shape index (κ3) is 4.74. The number of imidazole rings is 1. The molecular weight excluding hydrogens is 461 g/mol. The van der Waals surface area contributed by atoms with Crippen molar-refractivity contribution in [3.8, 4) is 0 Å². The number of amides is 2. The van der Waals surface area contributed by atoms with E-state index >= 15 is 0 Å². The van der Waals surface area contributed by atoms with Gasteiger partial charge in [-0.25, -0.2) is 14.8 Å². The Hall–Kier alpha value is -2.55. The summed E-state index contributed by atoms with van der Waals surface area (Å²) in [6.45, 7) is 10.9. The van der Waals surface area contributed by atoms with E-state index in [0.717, 1.165) is 53.5 Å². The SMILES string of the molecule is Cc1cn2cc(NC(=O)N3CCc4c(N5C[C@@H](C)N[C@@H](C)C5)ccnc43)cc(C)c2n1.Cl.Cl. The summed E-state index contributed by atoms with van der Waals surface area (Å²) < 4.78 is 1.96. The summed E-state index contributed by atoms with van der Waals surface area (Å²) in [5.74, 6) is 0.769. The molecule has 2 atom stereocenters. The van der Waals surface area contributed by atoms with Crippen molar-refractivity contribution in [3.63, 3.8) is 0 Å². The van der Waals surface area contributed by atoms with Gasteiger partial charge in [0.1, 0.15) is 11.5 Å². The number of nitrogens with one attached hydrogen (secondary N) is 2. The van der Waals surface area contributed by atoms with Crippen molar-refractivity contribution < 1.29 is 4.79 Å². The Bertz CT molecular complexity index is 1160. The lowest BCUT2D eigenvalue weighted by Gasteiger charge is -2.38. The van der Waals surface area contributed by atoms with E-state index in [0.29, 0.717) is 18.6 Å². The highest BCUT2D eigenvalue weighted by atomic mass is 35.5. The lowest BCUT2D eigenvalue weighted by atomic mass is 10.1. The summed E-state index contributed by atoms with van der Waals surface area (Å²) in [7, 11) is 0. The smallest absolute Gasteiger partial charge is 0.327 e. The molecule has 2 aliphatic rings. The molecular formula is C23H31Cl2N7O. The molecule has 2 amide bonds. The number of piperazine rings is 1. The molecule has 2 N–H and O–H groups in total. The second-order valence-corrected chi connectivity index (χ2v) is 8.86. The standard InChI is InChI=1S/C23H29N7O.2ClH/c1-14-9-18(13-29-12-17(4)26-21(14)29)27-23(31)30-8-6-19-20(5-7-24-22(19)30)28-10-15(2)25-16(3)11-28;;/h5,7,9,12-13,15-16,25H,6,8,10-11H2,1-4H3,(H,27,31);2*1H/t15-,16+;;. The second kappa shape index (κ2) is 9.75. The number of nitrogens with zero attached hydrogens (tertiary/aromatic N) is 5. The van der Waals surface area contributed by atoms with Crippen molar-refractivity contribution in [1.82, 2.24) is 19.7 Å². The minimum atomic E-state index is -0.152. The number of rotatable bonds is 2. The molecule has 0 aromatic carbocycles. The van der Waals surface area contributed by atoms with Gasteiger partial charge in [0.15, 0.2) is 0 Å². The molecule has 0 spiro atoms. The molecule has 0 aliphatic carbocycles. The van der Waals surface area contributed by atoms with Crippen LogP contribution >= 0.6 is 24.8 Å². The molecule has 5 heterocycles. The predicted octanol–water partition coefficient (Wildman–Crippen LogP) is 3.97. The normalized spacial score (nSPS) is 19.6. The van der Waals surface area contributed by atoms with Gasteiger partial charge >= 0.3 is 6.03 Å². The number of hydrogen-bond donors (Lipinski definition) is 2. The van der Waals surface area contributed by atoms with Crippen molar-refractivity contribution >= 4 is 53.7 Å². The Labute approximate surface area is 206 Å². The van der Waals surface area contributed by atoms with E-state index in [2.05, 4.69) is 45.4 Å². The quantitative estimate of drug-likeness (QED) is 0.566. The Kier molecular flexibility index (Phi) is 7.41. The summed E-state index contributed by atoms with van der Waals surface area (Å²) >= 11 is 0. The van der Waals surface area contributed by atoms with Gasteiger partial charge in [-0.2, -0.15) is 0 Å². The number of carbonyl (C=O) groups is 1. The number of anilines is 3. The summed E-state index contributed by atoms with van der Waals surface area (Å²) in [5, 5.41) is 6.64. The van der Waals surface area contributed by atoms with Gasteiger partial charge < -0.3 is 19.9 Å². The largest absolute Gasteiger partial charge is 0.368 e. The van der Waals surface area contributed by atoms with Crippen LogP contribution in [-0.4, -0.2) is 52.1 Å². The molecule has 5 rings (SSSR count). The van der Waals surface area contributed by atoms with Crippen molar-refractivity contribution in [3.05, 3.63) is 47.5 Å². The minimum absolute atomic E-state index is 0. The molecule has 3 aromatic heterocycles. The van der Waals surface area contributed by atoms with Crippen molar-refractivity contribution in [2.75, 3.05) is 34.8 Å². The number of hydrogen-bond acceptors (Lipinski definition) is 5. The van der Waals surface area contributed by atoms with Crippen LogP contribution in [0.25, 0.3) is 5.65 Å². The predicted molar refractivity (Wildman–Crippen MR) is 138 cm³/mol. The van der Waals surface area contributed by atoms with Crippen LogP contribution in [-0.2, 0) is 6.42 Å². The van der Waals surface area contributed by atoms with E-state index in [1.807, 2.05) is 42.9 Å². The number of aromatic nitrogens is 3. The van der Waals surface area contributed by atoms with Crippen LogP contribution in [0.4, 0.5) is 22.0 Å². The Morgan fingerprint density at radius 3 is 2.61 bits per heavy atom. The zero-order valence-electron chi connectivity index (χ0n) is 19.3. The third-order valence-corrected chi connectivity index (χ3v) is 6.10. The van der Waals surface area contributed by atoms with Crippen LogP contribution in [0.2, 0.25) is 0 Å². The van der Waals surface area contributed by atoms with E-state index in [-0.39, 0.29) is 30.8 Å². The van der Waals surface area contributed by atoms with E-state index in [4.69, 9.17) is 0 Å². The molecule has 1 fully saturated rings. The second-order valence-electron chi connectivity index (χ2n) is 8.86. The number of pyridine rings is 2. The first-order valence-electron chi connectivity index (χ1n) is 10.9. The maximum Gasteiger partial charge on any atom is 0.327 e. The molecule has 8 nitrogen and oxygen atoms in total. The lowest BCUT2D eigenvalue weighted by Crippen LogP contribution is -2.54. The Morgan fingerprint density at radius 1 is 1.15 bits per heavy atom. The molecule has 10 heteroatoms. The van der Waals surface area contributed by atoms with Gasteiger partial charge in [-0.1, -0.05) is 0 Å². The zero-order chi connectivity index (χ0) is 21.7. The van der Waals surface area contributed by atoms with Crippen LogP contribution < -0.4 is 20.4 Å². The summed E-state index contributed by atoms with van der Waals surface area (Å²) in [5.41, 5.74) is 6.00. The molecule has 0 radical (unpaired) electrons. The van der Waals surface area contributed by atoms with E-state index < -0.39 is 0 Å². The average molecular weight is 492 g/mol. The number of urea groups is 1. The number of carbonyl (C=O) groups excluding carboxylic acids is 1. The van der Waals surface area contributed by atoms with Gasteiger partial charge in [0, 0.05) is 61.6 Å². The van der Waals surface area contributed by atoms with Gasteiger partial charge in [-0.05, 0) is 51.8 Å². The molecule has 0 unspecified atom stereocenters. The monoisotopic (exact) mass is 491 g/mol. The van der Waals surface area contributed by atoms with Gasteiger partial charge in [0.2, 0.25) is 0 Å².